The van der Waals surface area contributed by atoms with Gasteiger partial charge in [0.2, 0.25) is 0 Å². The van der Waals surface area contributed by atoms with Crippen LogP contribution < -0.4 is 0 Å². The van der Waals surface area contributed by atoms with Crippen molar-refractivity contribution in [2.24, 2.45) is 0 Å². The van der Waals surface area contributed by atoms with Crippen molar-refractivity contribution in [1.29, 1.82) is 0 Å². The molecule has 448 valence electrons. The molecule has 0 heterocycles. The van der Waals surface area contributed by atoms with Gasteiger partial charge >= 0.3 is 17.9 Å². The Morgan fingerprint density at radius 2 is 0.474 bits per heavy atom. The first kappa shape index (κ1) is 73.9. The Kier molecular flexibility index (Phi) is 63.6. The Labute approximate surface area is 474 Å². The average Bonchev–Trinajstić information content (AvgIpc) is 3.42. The van der Waals surface area contributed by atoms with Gasteiger partial charge in [-0.05, 0) is 51.4 Å². The molecule has 0 fully saturated rings. The molecule has 0 saturated carbocycles. The SMILES string of the molecule is CCCCCCC/C=C\C/C=C\CCCCCCCCCCCCCCCCCCCC(=O)OCC(COC(=O)CCCCCCC)OC(=O)CCCCCCCCCCCCCCCCCCCCCCCCCC. The lowest BCUT2D eigenvalue weighted by molar-refractivity contribution is -0.167. The number of hydrogen-bond donors (Lipinski definition) is 0. The summed E-state index contributed by atoms with van der Waals surface area (Å²) >= 11 is 0. The molecule has 0 aliphatic heterocycles. The Morgan fingerprint density at radius 3 is 0.724 bits per heavy atom. The molecule has 0 N–H and O–H groups in total. The van der Waals surface area contributed by atoms with Crippen molar-refractivity contribution in [3.05, 3.63) is 24.3 Å². The molecular weight excluding hydrogens is 937 g/mol. The van der Waals surface area contributed by atoms with Crippen LogP contribution >= 0.6 is 0 Å². The molecule has 0 bridgehead atoms. The first-order valence-corrected chi connectivity index (χ1v) is 34.3. The second-order valence-corrected chi connectivity index (χ2v) is 23.5. The second-order valence-electron chi connectivity index (χ2n) is 23.5. The van der Waals surface area contributed by atoms with E-state index in [9.17, 15) is 14.4 Å². The van der Waals surface area contributed by atoms with Gasteiger partial charge in [-0.15, -0.1) is 0 Å². The van der Waals surface area contributed by atoms with Crippen LogP contribution in [0.15, 0.2) is 24.3 Å². The molecule has 0 aliphatic carbocycles. The van der Waals surface area contributed by atoms with Crippen LogP contribution in [0.2, 0.25) is 0 Å². The quantitative estimate of drug-likeness (QED) is 0.0261. The Morgan fingerprint density at radius 1 is 0.263 bits per heavy atom. The highest BCUT2D eigenvalue weighted by atomic mass is 16.6. The third-order valence-corrected chi connectivity index (χ3v) is 15.7. The number of unbranched alkanes of at least 4 members (excludes halogenated alkanes) is 49. The van der Waals surface area contributed by atoms with E-state index >= 15 is 0 Å². The molecule has 0 aliphatic rings. The molecule has 1 atom stereocenters. The van der Waals surface area contributed by atoms with Crippen LogP contribution in [0, 0.1) is 0 Å². The number of ether oxygens (including phenoxy) is 3. The van der Waals surface area contributed by atoms with Gasteiger partial charge in [0.15, 0.2) is 6.10 Å². The summed E-state index contributed by atoms with van der Waals surface area (Å²) < 4.78 is 16.8. The van der Waals surface area contributed by atoms with Crippen molar-refractivity contribution < 1.29 is 28.6 Å². The van der Waals surface area contributed by atoms with Crippen LogP contribution in [-0.2, 0) is 28.6 Å². The lowest BCUT2D eigenvalue weighted by Crippen LogP contribution is -2.30. The maximum atomic E-state index is 12.8. The van der Waals surface area contributed by atoms with Gasteiger partial charge in [-0.1, -0.05) is 340 Å². The molecule has 1 unspecified atom stereocenters. The first-order valence-electron chi connectivity index (χ1n) is 34.3. The van der Waals surface area contributed by atoms with E-state index in [4.69, 9.17) is 14.2 Å². The summed E-state index contributed by atoms with van der Waals surface area (Å²) in [6, 6.07) is 0. The molecule has 0 aromatic heterocycles. The van der Waals surface area contributed by atoms with E-state index in [0.29, 0.717) is 19.3 Å². The number of carbonyl (C=O) groups is 3. The normalized spacial score (nSPS) is 12.1. The molecular formula is C70H132O6. The van der Waals surface area contributed by atoms with Crippen LogP contribution in [0.25, 0.3) is 0 Å². The van der Waals surface area contributed by atoms with E-state index < -0.39 is 6.10 Å². The maximum absolute atomic E-state index is 12.8. The topological polar surface area (TPSA) is 78.9 Å². The van der Waals surface area contributed by atoms with Crippen molar-refractivity contribution in [2.45, 2.75) is 393 Å². The molecule has 0 aromatic carbocycles. The van der Waals surface area contributed by atoms with E-state index in [1.165, 1.54) is 276 Å². The molecule has 76 heavy (non-hydrogen) atoms. The highest BCUT2D eigenvalue weighted by Crippen LogP contribution is 2.19. The molecule has 0 radical (unpaired) electrons. The van der Waals surface area contributed by atoms with E-state index in [1.54, 1.807) is 0 Å². The lowest BCUT2D eigenvalue weighted by Gasteiger charge is -2.18. The van der Waals surface area contributed by atoms with Gasteiger partial charge in [-0.3, -0.25) is 14.4 Å². The van der Waals surface area contributed by atoms with Gasteiger partial charge in [-0.25, -0.2) is 0 Å². The van der Waals surface area contributed by atoms with Crippen molar-refractivity contribution in [2.75, 3.05) is 13.2 Å². The first-order chi connectivity index (χ1) is 37.5. The average molecular weight is 1070 g/mol. The summed E-state index contributed by atoms with van der Waals surface area (Å²) in [7, 11) is 0. The minimum Gasteiger partial charge on any atom is -0.462 e. The standard InChI is InChI=1S/C70H132O6/c1-4-7-10-13-15-17-19-21-23-25-27-29-31-33-34-35-36-37-39-40-42-44-46-48-50-52-54-57-60-63-69(72)75-66-67(65-74-68(71)62-59-56-12-9-6-3)76-70(73)64-61-58-55-53-51-49-47-45-43-41-38-32-30-28-26-24-22-20-18-16-14-11-8-5-2/h19,21,25,27,67H,4-18,20,22-24,26,28-66H2,1-3H3/b21-19-,27-25-. The molecule has 0 aromatic rings. The highest BCUT2D eigenvalue weighted by molar-refractivity contribution is 5.71. The minimum absolute atomic E-state index is 0.0654. The number of rotatable bonds is 64. The van der Waals surface area contributed by atoms with Gasteiger partial charge in [0.25, 0.3) is 0 Å². The summed E-state index contributed by atoms with van der Waals surface area (Å²) in [6.07, 6.45) is 79.8. The van der Waals surface area contributed by atoms with Gasteiger partial charge in [0.05, 0.1) is 0 Å². The zero-order valence-corrected chi connectivity index (χ0v) is 51.6. The summed E-state index contributed by atoms with van der Waals surface area (Å²) in [5, 5.41) is 0. The van der Waals surface area contributed by atoms with Crippen LogP contribution in [0.4, 0.5) is 0 Å². The van der Waals surface area contributed by atoms with E-state index in [-0.39, 0.29) is 31.1 Å². The third kappa shape index (κ3) is 62.7. The fourth-order valence-corrected chi connectivity index (χ4v) is 10.5. The van der Waals surface area contributed by atoms with Crippen LogP contribution in [0.1, 0.15) is 387 Å². The fourth-order valence-electron chi connectivity index (χ4n) is 10.5. The molecule has 0 rings (SSSR count). The van der Waals surface area contributed by atoms with Gasteiger partial charge in [0, 0.05) is 19.3 Å². The van der Waals surface area contributed by atoms with Crippen LogP contribution in [-0.4, -0.2) is 37.2 Å². The zero-order valence-electron chi connectivity index (χ0n) is 51.6. The van der Waals surface area contributed by atoms with Crippen molar-refractivity contribution in [3.8, 4) is 0 Å². The number of carbonyl (C=O) groups excluding carboxylic acids is 3. The molecule has 0 saturated heterocycles. The van der Waals surface area contributed by atoms with Crippen molar-refractivity contribution in [3.63, 3.8) is 0 Å². The molecule has 6 heteroatoms. The number of allylic oxidation sites excluding steroid dienone is 4. The predicted octanol–water partition coefficient (Wildman–Crippen LogP) is 23.4. The highest BCUT2D eigenvalue weighted by Gasteiger charge is 2.19. The minimum atomic E-state index is -0.764. The summed E-state index contributed by atoms with van der Waals surface area (Å²) in [5.74, 6) is -0.852. The lowest BCUT2D eigenvalue weighted by atomic mass is 10.0. The van der Waals surface area contributed by atoms with Crippen molar-refractivity contribution >= 4 is 17.9 Å². The van der Waals surface area contributed by atoms with E-state index in [0.717, 1.165) is 70.6 Å². The van der Waals surface area contributed by atoms with Gasteiger partial charge < -0.3 is 14.2 Å². The van der Waals surface area contributed by atoms with E-state index in [1.807, 2.05) is 0 Å². The monoisotopic (exact) mass is 1070 g/mol. The fraction of sp³-hybridized carbons (Fsp3) is 0.900. The summed E-state index contributed by atoms with van der Waals surface area (Å²) in [6.45, 7) is 6.62. The summed E-state index contributed by atoms with van der Waals surface area (Å²) in [4.78, 5) is 38.0. The summed E-state index contributed by atoms with van der Waals surface area (Å²) in [5.41, 5.74) is 0. The zero-order chi connectivity index (χ0) is 55.0. The molecule has 0 amide bonds. The van der Waals surface area contributed by atoms with Crippen LogP contribution in [0.3, 0.4) is 0 Å². The largest absolute Gasteiger partial charge is 0.462 e. The maximum Gasteiger partial charge on any atom is 0.306 e. The van der Waals surface area contributed by atoms with Crippen molar-refractivity contribution in [1.82, 2.24) is 0 Å². The third-order valence-electron chi connectivity index (χ3n) is 15.7. The predicted molar refractivity (Wildman–Crippen MR) is 330 cm³/mol. The van der Waals surface area contributed by atoms with Gasteiger partial charge in [-0.2, -0.15) is 0 Å². The molecule has 0 spiro atoms. The smallest absolute Gasteiger partial charge is 0.306 e. The Bertz CT molecular complexity index is 1230. The number of esters is 3. The van der Waals surface area contributed by atoms with E-state index in [2.05, 4.69) is 45.1 Å². The van der Waals surface area contributed by atoms with Gasteiger partial charge in [0.1, 0.15) is 13.2 Å². The molecule has 6 nitrogen and oxygen atoms in total. The Balaban J connectivity index is 3.93. The van der Waals surface area contributed by atoms with Crippen LogP contribution in [0.5, 0.6) is 0 Å². The number of hydrogen-bond acceptors (Lipinski definition) is 6. The second kappa shape index (κ2) is 65.4. The Hall–Kier alpha value is -2.11.